The van der Waals surface area contributed by atoms with Crippen LogP contribution in [0.2, 0.25) is 0 Å². The van der Waals surface area contributed by atoms with Gasteiger partial charge in [0.1, 0.15) is 5.75 Å². The number of ether oxygens (including phenoxy) is 1. The fourth-order valence-electron chi connectivity index (χ4n) is 3.10. The van der Waals surface area contributed by atoms with Crippen molar-refractivity contribution in [3.63, 3.8) is 0 Å². The average molecular weight is 281 g/mol. The predicted molar refractivity (Wildman–Crippen MR) is 87.0 cm³/mol. The normalized spacial score (nSPS) is 17.3. The highest BCUT2D eigenvalue weighted by Gasteiger charge is 2.18. The first-order valence-electron chi connectivity index (χ1n) is 7.78. The Morgan fingerprint density at radius 3 is 2.76 bits per heavy atom. The van der Waals surface area contributed by atoms with Crippen LogP contribution >= 0.6 is 0 Å². The number of nitrogens with one attached hydrogen (secondary N) is 1. The minimum Gasteiger partial charge on any atom is -0.497 e. The van der Waals surface area contributed by atoms with Crippen LogP contribution in [0.4, 0.5) is 0 Å². The molecule has 0 aliphatic heterocycles. The lowest BCUT2D eigenvalue weighted by Gasteiger charge is -2.26. The second-order valence-electron chi connectivity index (χ2n) is 5.76. The van der Waals surface area contributed by atoms with E-state index in [1.807, 2.05) is 0 Å². The smallest absolute Gasteiger partial charge is 0.119 e. The molecule has 110 valence electrons. The van der Waals surface area contributed by atoms with E-state index in [0.29, 0.717) is 6.04 Å². The van der Waals surface area contributed by atoms with Gasteiger partial charge in [0.05, 0.1) is 7.11 Å². The first-order chi connectivity index (χ1) is 10.3. The zero-order valence-electron chi connectivity index (χ0n) is 12.6. The number of methoxy groups -OCH3 is 1. The van der Waals surface area contributed by atoms with E-state index in [1.165, 1.54) is 29.5 Å². The minimum absolute atomic E-state index is 0.591. The Labute approximate surface area is 127 Å². The highest BCUT2D eigenvalue weighted by atomic mass is 16.5. The molecular formula is C19H23NO. The van der Waals surface area contributed by atoms with Crippen molar-refractivity contribution in [1.29, 1.82) is 0 Å². The van der Waals surface area contributed by atoms with Crippen LogP contribution < -0.4 is 10.1 Å². The van der Waals surface area contributed by atoms with Gasteiger partial charge in [0.15, 0.2) is 0 Å². The molecule has 0 aromatic heterocycles. The van der Waals surface area contributed by atoms with Gasteiger partial charge in [-0.25, -0.2) is 0 Å². The van der Waals surface area contributed by atoms with E-state index >= 15 is 0 Å². The van der Waals surface area contributed by atoms with Gasteiger partial charge in [0, 0.05) is 6.04 Å². The Morgan fingerprint density at radius 2 is 1.95 bits per heavy atom. The molecule has 21 heavy (non-hydrogen) atoms. The van der Waals surface area contributed by atoms with Gasteiger partial charge in [-0.2, -0.15) is 0 Å². The number of hydrogen-bond donors (Lipinski definition) is 1. The van der Waals surface area contributed by atoms with Crippen molar-refractivity contribution in [2.24, 2.45) is 0 Å². The third kappa shape index (κ3) is 3.64. The molecule has 3 rings (SSSR count). The lowest BCUT2D eigenvalue weighted by molar-refractivity contribution is 0.411. The SMILES string of the molecule is COc1ccc2c(c1)C[C@@H](NCCc1ccccc1)CC2. The quantitative estimate of drug-likeness (QED) is 0.907. The molecule has 2 aromatic rings. The maximum atomic E-state index is 5.33. The van der Waals surface area contributed by atoms with Crippen molar-refractivity contribution in [3.05, 3.63) is 65.2 Å². The molecule has 0 unspecified atom stereocenters. The summed E-state index contributed by atoms with van der Waals surface area (Å²) in [5.74, 6) is 0.971. The summed E-state index contributed by atoms with van der Waals surface area (Å²) >= 11 is 0. The summed E-state index contributed by atoms with van der Waals surface area (Å²) in [5.41, 5.74) is 4.33. The Bertz CT molecular complexity index is 579. The van der Waals surface area contributed by atoms with Gasteiger partial charge in [-0.3, -0.25) is 0 Å². The summed E-state index contributed by atoms with van der Waals surface area (Å²) < 4.78 is 5.33. The van der Waals surface area contributed by atoms with Crippen LogP contribution in [0.1, 0.15) is 23.1 Å². The van der Waals surface area contributed by atoms with Gasteiger partial charge in [-0.05, 0) is 61.1 Å². The number of aryl methyl sites for hydroxylation is 1. The number of hydrogen-bond acceptors (Lipinski definition) is 2. The van der Waals surface area contributed by atoms with Crippen molar-refractivity contribution in [3.8, 4) is 5.75 Å². The van der Waals surface area contributed by atoms with E-state index in [1.54, 1.807) is 7.11 Å². The highest BCUT2D eigenvalue weighted by Crippen LogP contribution is 2.25. The second-order valence-corrected chi connectivity index (χ2v) is 5.76. The van der Waals surface area contributed by atoms with Crippen LogP contribution in [0.5, 0.6) is 5.75 Å². The molecule has 1 aliphatic carbocycles. The van der Waals surface area contributed by atoms with Gasteiger partial charge in [0.25, 0.3) is 0 Å². The fraction of sp³-hybridized carbons (Fsp3) is 0.368. The van der Waals surface area contributed by atoms with E-state index in [2.05, 4.69) is 53.8 Å². The van der Waals surface area contributed by atoms with Crippen LogP contribution in [0.15, 0.2) is 48.5 Å². The Balaban J connectivity index is 1.54. The monoisotopic (exact) mass is 281 g/mol. The second kappa shape index (κ2) is 6.77. The average Bonchev–Trinajstić information content (AvgIpc) is 2.55. The first kappa shape index (κ1) is 14.2. The van der Waals surface area contributed by atoms with Crippen molar-refractivity contribution in [2.45, 2.75) is 31.7 Å². The van der Waals surface area contributed by atoms with Crippen molar-refractivity contribution in [1.82, 2.24) is 5.32 Å². The fourth-order valence-corrected chi connectivity index (χ4v) is 3.10. The van der Waals surface area contributed by atoms with E-state index in [0.717, 1.165) is 25.1 Å². The third-order valence-electron chi connectivity index (χ3n) is 4.33. The van der Waals surface area contributed by atoms with Crippen molar-refractivity contribution >= 4 is 0 Å². The Kier molecular flexibility index (Phi) is 4.56. The Hall–Kier alpha value is -1.80. The van der Waals surface area contributed by atoms with Gasteiger partial charge < -0.3 is 10.1 Å². The lowest BCUT2D eigenvalue weighted by Crippen LogP contribution is -2.35. The molecule has 0 saturated carbocycles. The molecule has 1 atom stereocenters. The number of fused-ring (bicyclic) bond motifs is 1. The van der Waals surface area contributed by atoms with E-state index in [9.17, 15) is 0 Å². The zero-order valence-corrected chi connectivity index (χ0v) is 12.6. The summed E-state index contributed by atoms with van der Waals surface area (Å²) in [6, 6.07) is 17.8. The third-order valence-corrected chi connectivity index (χ3v) is 4.33. The van der Waals surface area contributed by atoms with Crippen LogP contribution in [0.25, 0.3) is 0 Å². The zero-order chi connectivity index (χ0) is 14.5. The number of benzene rings is 2. The maximum Gasteiger partial charge on any atom is 0.119 e. The van der Waals surface area contributed by atoms with Crippen LogP contribution in [0, 0.1) is 0 Å². The van der Waals surface area contributed by atoms with Gasteiger partial charge in [-0.1, -0.05) is 36.4 Å². The Morgan fingerprint density at radius 1 is 1.10 bits per heavy atom. The maximum absolute atomic E-state index is 5.33. The molecule has 0 saturated heterocycles. The van der Waals surface area contributed by atoms with Crippen LogP contribution in [-0.2, 0) is 19.3 Å². The van der Waals surface area contributed by atoms with Gasteiger partial charge in [-0.15, -0.1) is 0 Å². The molecule has 0 bridgehead atoms. The summed E-state index contributed by atoms with van der Waals surface area (Å²) in [6.45, 7) is 1.05. The first-order valence-corrected chi connectivity index (χ1v) is 7.78. The molecule has 0 spiro atoms. The molecule has 2 nitrogen and oxygen atoms in total. The topological polar surface area (TPSA) is 21.3 Å². The standard InChI is InChI=1S/C19H23NO/c1-21-19-10-8-16-7-9-18(13-17(16)14-19)20-12-11-15-5-3-2-4-6-15/h2-6,8,10,14,18,20H,7,9,11-13H2,1H3/t18-/m0/s1. The molecule has 0 amide bonds. The molecule has 2 heteroatoms. The van der Waals surface area contributed by atoms with E-state index in [4.69, 9.17) is 4.74 Å². The molecule has 0 fully saturated rings. The predicted octanol–water partition coefficient (Wildman–Crippen LogP) is 3.38. The summed E-state index contributed by atoms with van der Waals surface area (Å²) in [5, 5.41) is 3.71. The minimum atomic E-state index is 0.591. The molecular weight excluding hydrogens is 258 g/mol. The number of rotatable bonds is 5. The van der Waals surface area contributed by atoms with E-state index in [-0.39, 0.29) is 0 Å². The van der Waals surface area contributed by atoms with Crippen LogP contribution in [-0.4, -0.2) is 19.7 Å². The van der Waals surface area contributed by atoms with Crippen LogP contribution in [0.3, 0.4) is 0 Å². The summed E-state index contributed by atoms with van der Waals surface area (Å²) in [7, 11) is 1.74. The van der Waals surface area contributed by atoms with Gasteiger partial charge >= 0.3 is 0 Å². The summed E-state index contributed by atoms with van der Waals surface area (Å²) in [6.07, 6.45) is 4.61. The highest BCUT2D eigenvalue weighted by molar-refractivity contribution is 5.37. The summed E-state index contributed by atoms with van der Waals surface area (Å²) in [4.78, 5) is 0. The van der Waals surface area contributed by atoms with Crippen molar-refractivity contribution < 1.29 is 4.74 Å². The molecule has 2 aromatic carbocycles. The van der Waals surface area contributed by atoms with Gasteiger partial charge in [0.2, 0.25) is 0 Å². The molecule has 1 N–H and O–H groups in total. The molecule has 0 radical (unpaired) electrons. The lowest BCUT2D eigenvalue weighted by atomic mass is 9.88. The molecule has 1 aliphatic rings. The van der Waals surface area contributed by atoms with E-state index < -0.39 is 0 Å². The molecule has 0 heterocycles. The van der Waals surface area contributed by atoms with Crippen molar-refractivity contribution in [2.75, 3.05) is 13.7 Å². The largest absolute Gasteiger partial charge is 0.497 e.